The van der Waals surface area contributed by atoms with Crippen molar-refractivity contribution in [3.63, 3.8) is 0 Å². The molecule has 3 rings (SSSR count). The van der Waals surface area contributed by atoms with Gasteiger partial charge in [-0.1, -0.05) is 28.4 Å². The van der Waals surface area contributed by atoms with Crippen LogP contribution in [0.15, 0.2) is 41.0 Å². The summed E-state index contributed by atoms with van der Waals surface area (Å²) in [6, 6.07) is 6.60. The van der Waals surface area contributed by atoms with Gasteiger partial charge in [0.05, 0.1) is 6.21 Å². The Kier molecular flexibility index (Phi) is 4.28. The number of aromatic nitrogens is 2. The summed E-state index contributed by atoms with van der Waals surface area (Å²) in [7, 11) is 0. The molecule has 9 heteroatoms. The number of nitrogens with one attached hydrogen (secondary N) is 1. The second-order valence-electron chi connectivity index (χ2n) is 4.09. The van der Waals surface area contributed by atoms with E-state index in [4.69, 9.17) is 28.0 Å². The van der Waals surface area contributed by atoms with Crippen molar-refractivity contribution in [3.05, 3.63) is 51.7 Å². The molecule has 112 valence electrons. The maximum Gasteiger partial charge on any atom is 0.437 e. The van der Waals surface area contributed by atoms with Gasteiger partial charge in [-0.3, -0.25) is 14.6 Å². The van der Waals surface area contributed by atoms with Crippen LogP contribution in [0, 0.1) is 0 Å². The molecular weight excluding hydrogens is 347 g/mol. The van der Waals surface area contributed by atoms with Crippen LogP contribution in [0.3, 0.4) is 0 Å². The van der Waals surface area contributed by atoms with Crippen LogP contribution in [0.4, 0.5) is 10.5 Å². The molecule has 0 radical (unpaired) electrons. The number of anilines is 1. The minimum atomic E-state index is -0.722. The zero-order valence-electron chi connectivity index (χ0n) is 10.9. The average Bonchev–Trinajstić information content (AvgIpc) is 3.04. The molecule has 0 aliphatic carbocycles. The largest absolute Gasteiger partial charge is 0.437 e. The van der Waals surface area contributed by atoms with Crippen LogP contribution in [0.1, 0.15) is 5.69 Å². The van der Waals surface area contributed by atoms with Crippen molar-refractivity contribution in [2.75, 3.05) is 5.32 Å². The van der Waals surface area contributed by atoms with Gasteiger partial charge in [0.1, 0.15) is 5.69 Å². The third-order valence-corrected chi connectivity index (χ3v) is 3.94. The molecule has 1 amide bonds. The summed E-state index contributed by atoms with van der Waals surface area (Å²) in [6.07, 6.45) is 2.41. The quantitative estimate of drug-likeness (QED) is 0.433. The van der Waals surface area contributed by atoms with Gasteiger partial charge in [-0.25, -0.2) is 9.78 Å². The van der Waals surface area contributed by atoms with E-state index in [-0.39, 0.29) is 5.15 Å². The molecule has 0 bridgehead atoms. The standard InChI is InChI=1S/C13H8Cl2N4O2S/c14-8-1-3-9(4-2-8)17-13(20)21-16-7-10-11(15)18-12-19(10)5-6-22-12/h1-7H,(H,17,20). The summed E-state index contributed by atoms with van der Waals surface area (Å²) < 4.78 is 1.75. The average molecular weight is 355 g/mol. The maximum atomic E-state index is 11.6. The Balaban J connectivity index is 1.64. The summed E-state index contributed by atoms with van der Waals surface area (Å²) in [4.78, 5) is 21.2. The van der Waals surface area contributed by atoms with E-state index in [2.05, 4.69) is 15.5 Å². The number of halogens is 2. The number of carbonyl (C=O) groups excluding carboxylic acids is 1. The number of hydrogen-bond donors (Lipinski definition) is 1. The van der Waals surface area contributed by atoms with Gasteiger partial charge in [-0.05, 0) is 24.3 Å². The lowest BCUT2D eigenvalue weighted by Gasteiger charge is -2.02. The van der Waals surface area contributed by atoms with Gasteiger partial charge in [-0.15, -0.1) is 11.3 Å². The number of nitrogens with zero attached hydrogens (tertiary/aromatic N) is 3. The Labute approximate surface area is 138 Å². The fraction of sp³-hybridized carbons (Fsp3) is 0. The fourth-order valence-electron chi connectivity index (χ4n) is 1.69. The molecule has 0 atom stereocenters. The van der Waals surface area contributed by atoms with Crippen LogP contribution in [0.2, 0.25) is 10.2 Å². The van der Waals surface area contributed by atoms with Crippen LogP contribution in [-0.2, 0) is 4.84 Å². The lowest BCUT2D eigenvalue weighted by Crippen LogP contribution is -2.10. The smallest absolute Gasteiger partial charge is 0.298 e. The van der Waals surface area contributed by atoms with E-state index in [1.807, 2.05) is 5.38 Å². The number of rotatable bonds is 3. The number of thiazole rings is 1. The van der Waals surface area contributed by atoms with Crippen LogP contribution < -0.4 is 5.32 Å². The van der Waals surface area contributed by atoms with Gasteiger partial charge in [0.15, 0.2) is 10.1 Å². The number of oxime groups is 1. The topological polar surface area (TPSA) is 68.0 Å². The number of amides is 1. The molecule has 0 saturated heterocycles. The lowest BCUT2D eigenvalue weighted by molar-refractivity contribution is 0.167. The van der Waals surface area contributed by atoms with Crippen molar-refractivity contribution >= 4 is 57.5 Å². The molecule has 0 unspecified atom stereocenters. The Morgan fingerprint density at radius 1 is 1.36 bits per heavy atom. The Bertz CT molecular complexity index is 841. The second kappa shape index (κ2) is 6.35. The van der Waals surface area contributed by atoms with Crippen molar-refractivity contribution < 1.29 is 9.63 Å². The highest BCUT2D eigenvalue weighted by Gasteiger charge is 2.09. The SMILES string of the molecule is O=C(Nc1ccc(Cl)cc1)ON=Cc1c(Cl)nc2sccn12. The molecule has 0 saturated carbocycles. The van der Waals surface area contributed by atoms with Crippen molar-refractivity contribution in [2.45, 2.75) is 0 Å². The minimum absolute atomic E-state index is 0.289. The summed E-state index contributed by atoms with van der Waals surface area (Å²) in [5.41, 5.74) is 1.09. The van der Waals surface area contributed by atoms with E-state index in [1.165, 1.54) is 17.6 Å². The van der Waals surface area contributed by atoms with Crippen LogP contribution >= 0.6 is 34.5 Å². The third kappa shape index (κ3) is 3.22. The highest BCUT2D eigenvalue weighted by molar-refractivity contribution is 7.15. The predicted molar refractivity (Wildman–Crippen MR) is 87.2 cm³/mol. The zero-order valence-corrected chi connectivity index (χ0v) is 13.2. The Morgan fingerprint density at radius 2 is 2.14 bits per heavy atom. The molecular formula is C13H8Cl2N4O2S. The van der Waals surface area contributed by atoms with Crippen molar-refractivity contribution in [3.8, 4) is 0 Å². The zero-order chi connectivity index (χ0) is 15.5. The molecule has 0 fully saturated rings. The van der Waals surface area contributed by atoms with E-state index < -0.39 is 6.09 Å². The second-order valence-corrected chi connectivity index (χ2v) is 5.76. The highest BCUT2D eigenvalue weighted by Crippen LogP contribution is 2.19. The fourth-order valence-corrected chi connectivity index (χ4v) is 2.81. The summed E-state index contributed by atoms with van der Waals surface area (Å²) >= 11 is 13.2. The first kappa shape index (κ1) is 14.8. The molecule has 2 aromatic heterocycles. The van der Waals surface area contributed by atoms with E-state index in [1.54, 1.807) is 34.9 Å². The van der Waals surface area contributed by atoms with E-state index in [0.717, 1.165) is 4.96 Å². The molecule has 0 aliphatic rings. The number of fused-ring (bicyclic) bond motifs is 1. The summed E-state index contributed by atoms with van der Waals surface area (Å²) in [5.74, 6) is 0. The molecule has 1 aromatic carbocycles. The van der Waals surface area contributed by atoms with Crippen LogP contribution in [0.5, 0.6) is 0 Å². The van der Waals surface area contributed by atoms with Gasteiger partial charge < -0.3 is 0 Å². The van der Waals surface area contributed by atoms with Crippen LogP contribution in [-0.4, -0.2) is 21.7 Å². The summed E-state index contributed by atoms with van der Waals surface area (Å²) in [5, 5.41) is 8.85. The van der Waals surface area contributed by atoms with Gasteiger partial charge in [0.25, 0.3) is 0 Å². The summed E-state index contributed by atoms with van der Waals surface area (Å²) in [6.45, 7) is 0. The molecule has 0 spiro atoms. The van der Waals surface area contributed by atoms with Crippen molar-refractivity contribution in [1.82, 2.24) is 9.38 Å². The molecule has 0 aliphatic heterocycles. The monoisotopic (exact) mass is 354 g/mol. The van der Waals surface area contributed by atoms with Crippen LogP contribution in [0.25, 0.3) is 4.96 Å². The van der Waals surface area contributed by atoms with E-state index >= 15 is 0 Å². The van der Waals surface area contributed by atoms with E-state index in [0.29, 0.717) is 16.4 Å². The van der Waals surface area contributed by atoms with Crippen molar-refractivity contribution in [1.29, 1.82) is 0 Å². The van der Waals surface area contributed by atoms with Gasteiger partial charge >= 0.3 is 6.09 Å². The van der Waals surface area contributed by atoms with Gasteiger partial charge in [0, 0.05) is 22.3 Å². The Morgan fingerprint density at radius 3 is 2.91 bits per heavy atom. The molecule has 22 heavy (non-hydrogen) atoms. The first-order valence-electron chi connectivity index (χ1n) is 6.01. The number of imidazole rings is 1. The normalized spacial score (nSPS) is 11.2. The third-order valence-electron chi connectivity index (χ3n) is 2.66. The highest BCUT2D eigenvalue weighted by atomic mass is 35.5. The Hall–Kier alpha value is -2.09. The molecule has 6 nitrogen and oxygen atoms in total. The number of benzene rings is 1. The lowest BCUT2D eigenvalue weighted by atomic mass is 10.3. The first-order chi connectivity index (χ1) is 10.6. The van der Waals surface area contributed by atoms with Gasteiger partial charge in [0.2, 0.25) is 0 Å². The first-order valence-corrected chi connectivity index (χ1v) is 7.65. The minimum Gasteiger partial charge on any atom is -0.298 e. The van der Waals surface area contributed by atoms with Gasteiger partial charge in [-0.2, -0.15) is 0 Å². The molecule has 2 heterocycles. The number of hydrogen-bond acceptors (Lipinski definition) is 5. The maximum absolute atomic E-state index is 11.6. The molecule has 1 N–H and O–H groups in total. The van der Waals surface area contributed by atoms with E-state index in [9.17, 15) is 4.79 Å². The number of carbonyl (C=O) groups is 1. The molecule has 3 aromatic rings. The predicted octanol–water partition coefficient (Wildman–Crippen LogP) is 4.29. The van der Waals surface area contributed by atoms with Crippen molar-refractivity contribution in [2.24, 2.45) is 5.16 Å².